The van der Waals surface area contributed by atoms with E-state index in [-0.39, 0.29) is 38.6 Å². The Morgan fingerprint density at radius 2 is 0.905 bits per heavy atom. The third kappa shape index (κ3) is 46.3. The highest BCUT2D eigenvalue weighted by Crippen LogP contribution is 2.13. The van der Waals surface area contributed by atoms with Gasteiger partial charge < -0.3 is 28.5 Å². The van der Waals surface area contributed by atoms with E-state index in [1.165, 1.54) is 64.2 Å². The number of ether oxygens (including phenoxy) is 4. The van der Waals surface area contributed by atoms with Crippen LogP contribution in [-0.2, 0) is 33.3 Å². The standard InChI is InChI=1S/C54H91NO8/c1-6-8-10-12-14-16-18-20-22-23-24-25-26-27-28-29-31-32-34-36-38-40-42-44-51(56)61-48-50(49-62-54(53(58)59)60-47-46-55(3,4)5)63-52(57)45-43-41-39-37-35-33-30-21-19-17-15-13-11-9-7-2/h9,11,15,17-18,20-21,23-24,26-27,30,35,37,50,54H,6-8,10,12-14,16,19,22,25,28-29,31-34,36,38-49H2,1-5H3/p+1/b11-9-,17-15-,20-18-,24-23-,27-26-,30-21-,37-35-. The lowest BCUT2D eigenvalue weighted by Crippen LogP contribution is -2.40. The van der Waals surface area contributed by atoms with Gasteiger partial charge in [-0.15, -0.1) is 0 Å². The van der Waals surface area contributed by atoms with Crippen LogP contribution >= 0.6 is 0 Å². The molecule has 2 atom stereocenters. The number of carboxylic acid groups (broad SMARTS) is 1. The Morgan fingerprint density at radius 1 is 0.492 bits per heavy atom. The maximum absolute atomic E-state index is 12.8. The molecule has 0 aliphatic heterocycles. The summed E-state index contributed by atoms with van der Waals surface area (Å²) in [6.07, 6.45) is 55.1. The molecule has 0 aromatic carbocycles. The number of carbonyl (C=O) groups excluding carboxylic acids is 2. The summed E-state index contributed by atoms with van der Waals surface area (Å²) in [6.45, 7) is 4.67. The summed E-state index contributed by atoms with van der Waals surface area (Å²) < 4.78 is 22.7. The van der Waals surface area contributed by atoms with Crippen molar-refractivity contribution in [2.24, 2.45) is 0 Å². The molecule has 0 rings (SSSR count). The van der Waals surface area contributed by atoms with Crippen LogP contribution in [0.2, 0.25) is 0 Å². The topological polar surface area (TPSA) is 108 Å². The average molecular weight is 883 g/mol. The molecule has 0 fully saturated rings. The van der Waals surface area contributed by atoms with Gasteiger partial charge in [-0.05, 0) is 89.9 Å². The summed E-state index contributed by atoms with van der Waals surface area (Å²) in [5, 5.41) is 9.65. The molecule has 0 spiro atoms. The average Bonchev–Trinajstić information content (AvgIpc) is 3.24. The minimum absolute atomic E-state index is 0.174. The van der Waals surface area contributed by atoms with E-state index >= 15 is 0 Å². The Morgan fingerprint density at radius 3 is 1.38 bits per heavy atom. The summed E-state index contributed by atoms with van der Waals surface area (Å²) in [5.74, 6) is -2.08. The van der Waals surface area contributed by atoms with Gasteiger partial charge in [-0.3, -0.25) is 9.59 Å². The van der Waals surface area contributed by atoms with Crippen molar-refractivity contribution >= 4 is 17.9 Å². The van der Waals surface area contributed by atoms with Crippen molar-refractivity contribution < 1.29 is 42.9 Å². The van der Waals surface area contributed by atoms with E-state index in [9.17, 15) is 19.5 Å². The molecule has 0 saturated heterocycles. The predicted molar refractivity (Wildman–Crippen MR) is 262 cm³/mol. The SMILES string of the molecule is CC/C=C\C/C=C\C/C=C\C/C=C\CCCCC(=O)OC(COC(=O)CCCCCCCCCC/C=C\C/C=C\C/C=C\CCCCCCC)COC(OCC[N+](C)(C)C)C(=O)O. The van der Waals surface area contributed by atoms with Crippen LogP contribution in [-0.4, -0.2) is 87.4 Å². The normalized spacial score (nSPS) is 13.6. The van der Waals surface area contributed by atoms with Crippen molar-refractivity contribution in [2.75, 3.05) is 47.5 Å². The number of likely N-dealkylation sites (N-methyl/N-ethyl adjacent to an activating group) is 1. The van der Waals surface area contributed by atoms with Gasteiger partial charge in [-0.1, -0.05) is 163 Å². The Kier molecular flexibility index (Phi) is 42.5. The third-order valence-electron chi connectivity index (χ3n) is 10.1. The summed E-state index contributed by atoms with van der Waals surface area (Å²) in [6, 6.07) is 0. The number of carbonyl (C=O) groups is 3. The van der Waals surface area contributed by atoms with Gasteiger partial charge in [0, 0.05) is 12.8 Å². The Hall–Kier alpha value is -3.53. The third-order valence-corrected chi connectivity index (χ3v) is 10.1. The van der Waals surface area contributed by atoms with E-state index in [4.69, 9.17) is 18.9 Å². The monoisotopic (exact) mass is 883 g/mol. The van der Waals surface area contributed by atoms with Gasteiger partial charge in [0.1, 0.15) is 13.2 Å². The van der Waals surface area contributed by atoms with Gasteiger partial charge in [-0.25, -0.2) is 4.79 Å². The van der Waals surface area contributed by atoms with Crippen LogP contribution in [0, 0.1) is 0 Å². The molecule has 0 aliphatic rings. The predicted octanol–water partition coefficient (Wildman–Crippen LogP) is 13.7. The number of nitrogens with zero attached hydrogens (tertiary/aromatic N) is 1. The second kappa shape index (κ2) is 45.1. The largest absolute Gasteiger partial charge is 0.477 e. The summed E-state index contributed by atoms with van der Waals surface area (Å²) in [4.78, 5) is 37.2. The Bertz CT molecular complexity index is 1300. The second-order valence-electron chi connectivity index (χ2n) is 17.4. The van der Waals surface area contributed by atoms with Gasteiger partial charge >= 0.3 is 17.9 Å². The molecule has 360 valence electrons. The number of unbranched alkanes of at least 4 members (excludes halogenated alkanes) is 15. The molecule has 0 radical (unpaired) electrons. The van der Waals surface area contributed by atoms with Crippen LogP contribution in [0.25, 0.3) is 0 Å². The lowest BCUT2D eigenvalue weighted by molar-refractivity contribution is -0.870. The van der Waals surface area contributed by atoms with Crippen molar-refractivity contribution in [1.82, 2.24) is 0 Å². The van der Waals surface area contributed by atoms with E-state index in [0.717, 1.165) is 83.5 Å². The van der Waals surface area contributed by atoms with Crippen LogP contribution in [0.3, 0.4) is 0 Å². The zero-order valence-electron chi connectivity index (χ0n) is 40.7. The first-order valence-electron chi connectivity index (χ1n) is 24.8. The molecule has 0 saturated carbocycles. The van der Waals surface area contributed by atoms with Crippen LogP contribution < -0.4 is 0 Å². The Labute approximate surface area is 385 Å². The zero-order chi connectivity index (χ0) is 46.3. The number of hydrogen-bond acceptors (Lipinski definition) is 7. The van der Waals surface area contributed by atoms with E-state index in [1.54, 1.807) is 0 Å². The van der Waals surface area contributed by atoms with Crippen LogP contribution in [0.15, 0.2) is 85.1 Å². The molecular formula is C54H92NO8+. The van der Waals surface area contributed by atoms with Crippen molar-refractivity contribution in [1.29, 1.82) is 0 Å². The smallest absolute Gasteiger partial charge is 0.361 e. The fraction of sp³-hybridized carbons (Fsp3) is 0.685. The molecule has 0 aromatic rings. The molecule has 2 unspecified atom stereocenters. The minimum Gasteiger partial charge on any atom is -0.477 e. The highest BCUT2D eigenvalue weighted by molar-refractivity contribution is 5.71. The van der Waals surface area contributed by atoms with Crippen LogP contribution in [0.4, 0.5) is 0 Å². The molecule has 0 aromatic heterocycles. The van der Waals surface area contributed by atoms with Crippen LogP contribution in [0.1, 0.15) is 181 Å². The van der Waals surface area contributed by atoms with Crippen molar-refractivity contribution in [3.05, 3.63) is 85.1 Å². The zero-order valence-corrected chi connectivity index (χ0v) is 40.7. The number of rotatable bonds is 44. The quantitative estimate of drug-likeness (QED) is 0.0212. The van der Waals surface area contributed by atoms with Crippen LogP contribution in [0.5, 0.6) is 0 Å². The number of quaternary nitrogens is 1. The lowest BCUT2D eigenvalue weighted by Gasteiger charge is -2.25. The molecule has 9 heteroatoms. The van der Waals surface area contributed by atoms with Gasteiger partial charge in [0.05, 0.1) is 34.4 Å². The summed E-state index contributed by atoms with van der Waals surface area (Å²) in [5.41, 5.74) is 0. The van der Waals surface area contributed by atoms with E-state index in [0.29, 0.717) is 17.4 Å². The lowest BCUT2D eigenvalue weighted by atomic mass is 10.1. The highest BCUT2D eigenvalue weighted by atomic mass is 16.7. The number of allylic oxidation sites excluding steroid dienone is 14. The second-order valence-corrected chi connectivity index (χ2v) is 17.4. The Balaban J connectivity index is 4.41. The van der Waals surface area contributed by atoms with Gasteiger partial charge in [0.2, 0.25) is 0 Å². The molecule has 0 amide bonds. The maximum atomic E-state index is 12.8. The minimum atomic E-state index is -1.53. The number of aliphatic carboxylic acids is 1. The van der Waals surface area contributed by atoms with Crippen molar-refractivity contribution in [3.63, 3.8) is 0 Å². The van der Waals surface area contributed by atoms with E-state index < -0.39 is 24.3 Å². The van der Waals surface area contributed by atoms with Gasteiger partial charge in [-0.2, -0.15) is 0 Å². The number of carboxylic acids is 1. The first-order valence-corrected chi connectivity index (χ1v) is 24.8. The molecular weight excluding hydrogens is 791 g/mol. The molecule has 1 N–H and O–H groups in total. The molecule has 0 heterocycles. The van der Waals surface area contributed by atoms with E-state index in [1.807, 2.05) is 21.1 Å². The molecule has 0 aliphatic carbocycles. The number of hydrogen-bond donors (Lipinski definition) is 1. The van der Waals surface area contributed by atoms with Gasteiger partial charge in [0.15, 0.2) is 6.10 Å². The maximum Gasteiger partial charge on any atom is 0.361 e. The van der Waals surface area contributed by atoms with Crippen molar-refractivity contribution in [3.8, 4) is 0 Å². The van der Waals surface area contributed by atoms with Crippen molar-refractivity contribution in [2.45, 2.75) is 193 Å². The number of esters is 2. The fourth-order valence-electron chi connectivity index (χ4n) is 6.30. The first kappa shape index (κ1) is 59.5. The highest BCUT2D eigenvalue weighted by Gasteiger charge is 2.25. The molecule has 9 nitrogen and oxygen atoms in total. The van der Waals surface area contributed by atoms with Gasteiger partial charge in [0.25, 0.3) is 6.29 Å². The molecule has 63 heavy (non-hydrogen) atoms. The molecule has 0 bridgehead atoms. The summed E-state index contributed by atoms with van der Waals surface area (Å²) >= 11 is 0. The summed E-state index contributed by atoms with van der Waals surface area (Å²) in [7, 11) is 5.93. The van der Waals surface area contributed by atoms with E-state index in [2.05, 4.69) is 98.9 Å². The first-order chi connectivity index (χ1) is 30.6. The fourth-order valence-corrected chi connectivity index (χ4v) is 6.30.